The van der Waals surface area contributed by atoms with Crippen LogP contribution in [0.5, 0.6) is 0 Å². The van der Waals surface area contributed by atoms with Gasteiger partial charge in [-0.25, -0.2) is 0 Å². The van der Waals surface area contributed by atoms with Gasteiger partial charge in [-0.3, -0.25) is 0 Å². The Kier molecular flexibility index (Phi) is 6.89. The molecule has 3 aliphatic rings. The van der Waals surface area contributed by atoms with Gasteiger partial charge in [-0.1, -0.05) is 79.8 Å². The van der Waals surface area contributed by atoms with E-state index >= 15 is 0 Å². The van der Waals surface area contributed by atoms with Gasteiger partial charge in [0.05, 0.1) is 4.58 Å². The van der Waals surface area contributed by atoms with Crippen LogP contribution in [0.25, 0.3) is 0 Å². The molecular weight excluding hydrogens is 469 g/mol. The van der Waals surface area contributed by atoms with Crippen LogP contribution >= 0.6 is 31.4 Å². The molecule has 0 unspecified atom stereocenters. The SMILES string of the molecule is CC(C)(C)P(c1cccc2c1[C@@]1(CCc3cccc(NCC4SCCCS4)c31)CC2)C(C)(C)C. The lowest BCUT2D eigenvalue weighted by atomic mass is 9.76. The van der Waals surface area contributed by atoms with Crippen molar-refractivity contribution in [1.29, 1.82) is 0 Å². The number of anilines is 1. The van der Waals surface area contributed by atoms with Gasteiger partial charge >= 0.3 is 0 Å². The number of hydrogen-bond donors (Lipinski definition) is 1. The van der Waals surface area contributed by atoms with Crippen LogP contribution in [0.1, 0.15) is 83.1 Å². The first-order valence-electron chi connectivity index (χ1n) is 13.1. The minimum absolute atomic E-state index is 0.189. The maximum atomic E-state index is 3.97. The second-order valence-corrected chi connectivity index (χ2v) is 19.1. The predicted octanol–water partition coefficient (Wildman–Crippen LogP) is 8.18. The molecule has 1 saturated heterocycles. The summed E-state index contributed by atoms with van der Waals surface area (Å²) in [5.41, 5.74) is 8.19. The maximum absolute atomic E-state index is 3.97. The summed E-state index contributed by atoms with van der Waals surface area (Å²) in [4.78, 5) is 0. The average molecular weight is 512 g/mol. The van der Waals surface area contributed by atoms with Crippen LogP contribution in [0.15, 0.2) is 36.4 Å². The molecule has 1 heterocycles. The van der Waals surface area contributed by atoms with Crippen LogP contribution in [-0.2, 0) is 18.3 Å². The van der Waals surface area contributed by atoms with E-state index in [9.17, 15) is 0 Å². The monoisotopic (exact) mass is 511 g/mol. The van der Waals surface area contributed by atoms with E-state index in [0.717, 1.165) is 6.54 Å². The van der Waals surface area contributed by atoms with E-state index in [4.69, 9.17) is 0 Å². The largest absolute Gasteiger partial charge is 0.383 e. The summed E-state index contributed by atoms with van der Waals surface area (Å²) >= 11 is 4.29. The first-order valence-corrected chi connectivity index (χ1v) is 16.6. The standard InChI is InChI=1S/C30H42NPS2/c1-28(2,3)32(29(4,5)6)24-13-8-11-22-15-17-30(27(22)24)16-14-21-10-7-12-23(26(21)30)31-20-25-33-18-9-19-34-25/h7-8,10-13,25,31H,9,14-20H2,1-6H3/t30-/m0/s1. The number of benzene rings is 2. The molecule has 0 amide bonds. The Bertz CT molecular complexity index is 1030. The molecule has 0 bridgehead atoms. The smallest absolute Gasteiger partial charge is 0.0674 e. The van der Waals surface area contributed by atoms with Crippen LogP contribution < -0.4 is 10.6 Å². The summed E-state index contributed by atoms with van der Waals surface area (Å²) in [5, 5.41) is 6.21. The van der Waals surface area contributed by atoms with Crippen LogP contribution in [-0.4, -0.2) is 32.9 Å². The van der Waals surface area contributed by atoms with Crippen molar-refractivity contribution in [1.82, 2.24) is 0 Å². The molecule has 34 heavy (non-hydrogen) atoms. The Balaban J connectivity index is 1.60. The Morgan fingerprint density at radius 2 is 1.44 bits per heavy atom. The third kappa shape index (κ3) is 4.48. The minimum Gasteiger partial charge on any atom is -0.383 e. The average Bonchev–Trinajstić information content (AvgIpc) is 3.34. The fraction of sp³-hybridized carbons (Fsp3) is 0.600. The van der Waals surface area contributed by atoms with Gasteiger partial charge in [-0.15, -0.1) is 23.5 Å². The first kappa shape index (κ1) is 25.0. The summed E-state index contributed by atoms with van der Waals surface area (Å²) in [6, 6.07) is 14.4. The fourth-order valence-corrected chi connectivity index (χ4v) is 14.0. The van der Waals surface area contributed by atoms with E-state index in [1.807, 2.05) is 0 Å². The van der Waals surface area contributed by atoms with Crippen LogP contribution in [0.4, 0.5) is 5.69 Å². The van der Waals surface area contributed by atoms with Gasteiger partial charge in [0.1, 0.15) is 0 Å². The number of nitrogens with one attached hydrogen (secondary N) is 1. The lowest BCUT2D eigenvalue weighted by Crippen LogP contribution is -2.36. The molecule has 0 aromatic heterocycles. The van der Waals surface area contributed by atoms with Crippen LogP contribution in [0, 0.1) is 0 Å². The molecule has 1 aliphatic heterocycles. The second kappa shape index (κ2) is 9.35. The molecular formula is C30H42NPS2. The number of thioether (sulfide) groups is 2. The minimum atomic E-state index is -0.327. The van der Waals surface area contributed by atoms with Gasteiger partial charge in [0, 0.05) is 17.6 Å². The first-order chi connectivity index (χ1) is 16.1. The molecule has 1 atom stereocenters. The van der Waals surface area contributed by atoms with Crippen molar-refractivity contribution in [2.75, 3.05) is 23.4 Å². The maximum Gasteiger partial charge on any atom is 0.0674 e. The molecule has 2 aliphatic carbocycles. The lowest BCUT2D eigenvalue weighted by Gasteiger charge is -2.44. The molecule has 2 aromatic rings. The highest BCUT2D eigenvalue weighted by molar-refractivity contribution is 8.17. The van der Waals surface area contributed by atoms with E-state index in [2.05, 4.69) is 107 Å². The molecule has 2 aromatic carbocycles. The summed E-state index contributed by atoms with van der Waals surface area (Å²) in [7, 11) is -0.327. The third-order valence-corrected chi connectivity index (χ3v) is 14.3. The molecule has 0 saturated carbocycles. The number of hydrogen-bond acceptors (Lipinski definition) is 3. The van der Waals surface area contributed by atoms with Gasteiger partial charge < -0.3 is 5.32 Å². The summed E-state index contributed by atoms with van der Waals surface area (Å²) in [5.74, 6) is 2.63. The quantitative estimate of drug-likeness (QED) is 0.416. The Hall–Kier alpha value is -0.630. The Labute approximate surface area is 217 Å². The van der Waals surface area contributed by atoms with Gasteiger partial charge in [-0.2, -0.15) is 0 Å². The lowest BCUT2D eigenvalue weighted by molar-refractivity contribution is 0.510. The highest BCUT2D eigenvalue weighted by Gasteiger charge is 2.49. The number of aryl methyl sites for hydroxylation is 2. The van der Waals surface area contributed by atoms with E-state index < -0.39 is 0 Å². The van der Waals surface area contributed by atoms with Gasteiger partial charge in [0.25, 0.3) is 0 Å². The van der Waals surface area contributed by atoms with Crippen LogP contribution in [0.3, 0.4) is 0 Å². The molecule has 1 fully saturated rings. The van der Waals surface area contributed by atoms with Gasteiger partial charge in [0.2, 0.25) is 0 Å². The fourth-order valence-electron chi connectivity index (χ4n) is 7.08. The zero-order valence-corrected chi connectivity index (χ0v) is 24.5. The van der Waals surface area contributed by atoms with Crippen molar-refractivity contribution in [3.05, 3.63) is 58.7 Å². The number of rotatable bonds is 4. The van der Waals surface area contributed by atoms with E-state index in [0.29, 0.717) is 4.58 Å². The highest BCUT2D eigenvalue weighted by Crippen LogP contribution is 2.62. The molecule has 184 valence electrons. The van der Waals surface area contributed by atoms with Gasteiger partial charge in [0.15, 0.2) is 0 Å². The summed E-state index contributed by atoms with van der Waals surface area (Å²) in [6.45, 7) is 15.9. The molecule has 4 heteroatoms. The molecule has 5 rings (SSSR count). The van der Waals surface area contributed by atoms with Crippen molar-refractivity contribution < 1.29 is 0 Å². The predicted molar refractivity (Wildman–Crippen MR) is 158 cm³/mol. The summed E-state index contributed by atoms with van der Waals surface area (Å²) < 4.78 is 0.683. The Morgan fingerprint density at radius 3 is 2.06 bits per heavy atom. The van der Waals surface area contributed by atoms with Crippen LogP contribution in [0.2, 0.25) is 0 Å². The summed E-state index contributed by atoms with van der Waals surface area (Å²) in [6.07, 6.45) is 6.35. The van der Waals surface area contributed by atoms with Crippen molar-refractivity contribution in [3.8, 4) is 0 Å². The molecule has 1 nitrogen and oxygen atoms in total. The van der Waals surface area contributed by atoms with Gasteiger partial charge in [-0.05, 0) is 87.5 Å². The third-order valence-electron chi connectivity index (χ3n) is 7.82. The van der Waals surface area contributed by atoms with E-state index in [1.54, 1.807) is 27.6 Å². The van der Waals surface area contributed by atoms with E-state index in [1.165, 1.54) is 49.3 Å². The molecule has 0 radical (unpaired) electrons. The van der Waals surface area contributed by atoms with Crippen molar-refractivity contribution in [3.63, 3.8) is 0 Å². The van der Waals surface area contributed by atoms with Crippen molar-refractivity contribution in [2.24, 2.45) is 0 Å². The zero-order valence-electron chi connectivity index (χ0n) is 22.0. The number of fused-ring (bicyclic) bond motifs is 4. The van der Waals surface area contributed by atoms with Crippen molar-refractivity contribution in [2.45, 2.75) is 94.0 Å². The second-order valence-electron chi connectivity index (χ2n) is 12.3. The van der Waals surface area contributed by atoms with E-state index in [-0.39, 0.29) is 23.6 Å². The van der Waals surface area contributed by atoms with Crippen molar-refractivity contribution >= 4 is 42.4 Å². The topological polar surface area (TPSA) is 12.0 Å². The highest BCUT2D eigenvalue weighted by atomic mass is 32.2. The Morgan fingerprint density at radius 1 is 0.853 bits per heavy atom. The normalized spacial score (nSPS) is 22.9. The zero-order chi connectivity index (χ0) is 24.1. The molecule has 1 spiro atoms. The molecule has 1 N–H and O–H groups in total.